The van der Waals surface area contributed by atoms with E-state index in [4.69, 9.17) is 4.98 Å². The second kappa shape index (κ2) is 9.45. The average molecular weight is 492 g/mol. The van der Waals surface area contributed by atoms with E-state index in [2.05, 4.69) is 21.9 Å². The zero-order chi connectivity index (χ0) is 23.9. The molecule has 8 heteroatoms. The molecule has 4 unspecified atom stereocenters. The van der Waals surface area contributed by atoms with E-state index in [1.165, 1.54) is 42.1 Å². The molecule has 0 aromatic heterocycles. The molecule has 2 fully saturated rings. The molecule has 4 atom stereocenters. The Kier molecular flexibility index (Phi) is 6.16. The number of rotatable bonds is 6. The highest BCUT2D eigenvalue weighted by atomic mass is 32.2. The van der Waals surface area contributed by atoms with Crippen LogP contribution in [0.15, 0.2) is 40.3 Å². The van der Waals surface area contributed by atoms with Gasteiger partial charge in [-0.3, -0.25) is 9.59 Å². The molecule has 1 amide bonds. The highest BCUT2D eigenvalue weighted by Crippen LogP contribution is 2.49. The number of nitrogens with one attached hydrogen (secondary N) is 1. The minimum Gasteiger partial charge on any atom is -0.353 e. The number of carbonyl (C=O) groups excluding carboxylic acids is 1. The summed E-state index contributed by atoms with van der Waals surface area (Å²) in [5, 5.41) is 8.66. The van der Waals surface area contributed by atoms with E-state index in [0.29, 0.717) is 23.1 Å². The summed E-state index contributed by atoms with van der Waals surface area (Å²) in [6.45, 7) is 2.99. The first-order chi connectivity index (χ1) is 17.1. The van der Waals surface area contributed by atoms with Gasteiger partial charge in [-0.25, -0.2) is 4.98 Å². The van der Waals surface area contributed by atoms with Crippen molar-refractivity contribution in [1.29, 1.82) is 0 Å². The Hall–Kier alpha value is -2.61. The fraction of sp³-hybridized carbons (Fsp3) is 0.556. The van der Waals surface area contributed by atoms with Gasteiger partial charge in [-0.15, -0.1) is 5.10 Å². The third kappa shape index (κ3) is 4.30. The fourth-order valence-electron chi connectivity index (χ4n) is 6.65. The number of hydrogen-bond acceptors (Lipinski definition) is 5. The summed E-state index contributed by atoms with van der Waals surface area (Å²) in [5.41, 5.74) is 2.26. The molecule has 7 nitrogen and oxygen atoms in total. The van der Waals surface area contributed by atoms with Gasteiger partial charge in [-0.2, -0.15) is 4.68 Å². The molecule has 3 aliphatic heterocycles. The van der Waals surface area contributed by atoms with Gasteiger partial charge in [0.25, 0.3) is 5.56 Å². The molecule has 0 saturated heterocycles. The van der Waals surface area contributed by atoms with Crippen molar-refractivity contribution in [3.8, 4) is 17.1 Å². The molecule has 6 rings (SSSR count). The lowest BCUT2D eigenvalue weighted by molar-refractivity contribution is -0.119. The Morgan fingerprint density at radius 2 is 2.03 bits per heavy atom. The number of aromatic nitrogens is 4. The maximum atomic E-state index is 13.4. The molecule has 5 aliphatic rings. The molecule has 35 heavy (non-hydrogen) atoms. The van der Waals surface area contributed by atoms with Gasteiger partial charge in [0.15, 0.2) is 11.0 Å². The van der Waals surface area contributed by atoms with E-state index in [-0.39, 0.29) is 17.5 Å². The van der Waals surface area contributed by atoms with Crippen LogP contribution >= 0.6 is 11.8 Å². The number of hydrogen-bond donors (Lipinski definition) is 1. The Balaban J connectivity index is 1.25. The number of para-hydroxylation sites is 1. The summed E-state index contributed by atoms with van der Waals surface area (Å²) in [4.78, 5) is 31.1. The number of nitrogens with zero attached hydrogens (tertiary/aromatic N) is 4. The molecule has 3 heterocycles. The normalized spacial score (nSPS) is 24.3. The van der Waals surface area contributed by atoms with Gasteiger partial charge in [0, 0.05) is 18.3 Å². The second-order valence-electron chi connectivity index (χ2n) is 10.5. The van der Waals surface area contributed by atoms with Crippen LogP contribution in [-0.2, 0) is 17.8 Å². The summed E-state index contributed by atoms with van der Waals surface area (Å²) < 4.78 is 3.63. The van der Waals surface area contributed by atoms with E-state index in [1.807, 2.05) is 30.3 Å². The molecule has 1 aromatic rings. The molecule has 184 valence electrons. The third-order valence-corrected chi connectivity index (χ3v) is 9.30. The Bertz CT molecular complexity index is 1250. The topological polar surface area (TPSA) is 81.8 Å². The van der Waals surface area contributed by atoms with Gasteiger partial charge in [0.05, 0.1) is 11.4 Å². The van der Waals surface area contributed by atoms with Crippen LogP contribution in [0.1, 0.15) is 57.6 Å². The molecular weight excluding hydrogens is 458 g/mol. The standard InChI is InChI=1S/C27H33N5O2S/c1-17(21-15-18-11-12-19(21)14-18)28-23(33)16-35-27-29-25-24(22-10-6-3-7-13-31(22)27)26(34)32(30-25)20-8-4-2-5-9-20/h2,4-5,8-9,17-19,21H,3,6-7,10-16H2,1H3,(H,28,33). The summed E-state index contributed by atoms with van der Waals surface area (Å²) in [5.74, 6) is 3.16. The molecule has 0 radical (unpaired) electrons. The lowest BCUT2D eigenvalue weighted by Gasteiger charge is -2.28. The Morgan fingerprint density at radius 3 is 2.80 bits per heavy atom. The zero-order valence-corrected chi connectivity index (χ0v) is 21.1. The van der Waals surface area contributed by atoms with E-state index < -0.39 is 0 Å². The number of amides is 1. The van der Waals surface area contributed by atoms with Crippen molar-refractivity contribution >= 4 is 17.7 Å². The Labute approximate surface area is 210 Å². The largest absolute Gasteiger partial charge is 0.353 e. The molecule has 0 spiro atoms. The second-order valence-corrected chi connectivity index (χ2v) is 11.5. The monoisotopic (exact) mass is 491 g/mol. The number of thioether (sulfide) groups is 1. The van der Waals surface area contributed by atoms with Crippen molar-refractivity contribution in [2.75, 3.05) is 5.75 Å². The Morgan fingerprint density at radius 1 is 1.17 bits per heavy atom. The van der Waals surface area contributed by atoms with Crippen LogP contribution in [0.3, 0.4) is 0 Å². The predicted octanol–water partition coefficient (Wildman–Crippen LogP) is 4.29. The van der Waals surface area contributed by atoms with Gasteiger partial charge >= 0.3 is 0 Å². The number of fused-ring (bicyclic) bond motifs is 5. The van der Waals surface area contributed by atoms with Crippen LogP contribution in [-0.4, -0.2) is 37.0 Å². The van der Waals surface area contributed by atoms with Crippen LogP contribution in [0, 0.1) is 17.8 Å². The van der Waals surface area contributed by atoms with Crippen LogP contribution < -0.4 is 10.9 Å². The summed E-state index contributed by atoms with van der Waals surface area (Å²) in [6.07, 6.45) is 9.36. The number of benzene rings is 1. The van der Waals surface area contributed by atoms with Crippen molar-refractivity contribution in [1.82, 2.24) is 24.6 Å². The molecule has 2 bridgehead atoms. The molecule has 1 N–H and O–H groups in total. The maximum Gasteiger partial charge on any atom is 0.284 e. The third-order valence-electron chi connectivity index (χ3n) is 8.32. The highest BCUT2D eigenvalue weighted by Gasteiger charge is 2.42. The van der Waals surface area contributed by atoms with E-state index in [0.717, 1.165) is 60.6 Å². The highest BCUT2D eigenvalue weighted by molar-refractivity contribution is 7.99. The van der Waals surface area contributed by atoms with E-state index in [1.54, 1.807) is 0 Å². The predicted molar refractivity (Wildman–Crippen MR) is 137 cm³/mol. The fourth-order valence-corrected chi connectivity index (χ4v) is 7.50. The van der Waals surface area contributed by atoms with E-state index in [9.17, 15) is 9.59 Å². The number of carbonyl (C=O) groups is 1. The SMILES string of the molecule is CC(NC(=O)CSc1nc2nn(-c3ccccc3)c(=O)c-2c2n1CCCCC2)C1CC2CCC1C2. The summed E-state index contributed by atoms with van der Waals surface area (Å²) >= 11 is 1.47. The van der Waals surface area contributed by atoms with Crippen LogP contribution in [0.2, 0.25) is 0 Å². The molecular formula is C27H33N5O2S. The molecule has 2 saturated carbocycles. The first-order valence-corrected chi connectivity index (χ1v) is 14.1. The van der Waals surface area contributed by atoms with Gasteiger partial charge in [0.1, 0.15) is 5.56 Å². The summed E-state index contributed by atoms with van der Waals surface area (Å²) in [6, 6.07) is 9.73. The molecule has 1 aromatic carbocycles. The minimum atomic E-state index is -0.113. The van der Waals surface area contributed by atoms with Crippen LogP contribution in [0.5, 0.6) is 0 Å². The van der Waals surface area contributed by atoms with Crippen molar-refractivity contribution in [3.05, 3.63) is 46.4 Å². The first kappa shape index (κ1) is 22.8. The lowest BCUT2D eigenvalue weighted by atomic mass is 9.84. The van der Waals surface area contributed by atoms with E-state index >= 15 is 0 Å². The van der Waals surface area contributed by atoms with Gasteiger partial charge in [-0.05, 0) is 75.3 Å². The first-order valence-electron chi connectivity index (χ1n) is 13.1. The average Bonchev–Trinajstić information content (AvgIpc) is 3.53. The minimum absolute atomic E-state index is 0.0643. The van der Waals surface area contributed by atoms with Crippen LogP contribution in [0.25, 0.3) is 17.1 Å². The van der Waals surface area contributed by atoms with Crippen molar-refractivity contribution in [2.24, 2.45) is 17.8 Å². The van der Waals surface area contributed by atoms with Gasteiger partial charge < -0.3 is 9.88 Å². The van der Waals surface area contributed by atoms with Gasteiger partial charge in [-0.1, -0.05) is 42.8 Å². The quantitative estimate of drug-likeness (QED) is 0.411. The smallest absolute Gasteiger partial charge is 0.284 e. The van der Waals surface area contributed by atoms with Crippen molar-refractivity contribution in [3.63, 3.8) is 0 Å². The lowest BCUT2D eigenvalue weighted by Crippen LogP contribution is -2.41. The maximum absolute atomic E-state index is 13.4. The van der Waals surface area contributed by atoms with Gasteiger partial charge in [0.2, 0.25) is 5.91 Å². The summed E-state index contributed by atoms with van der Waals surface area (Å²) in [7, 11) is 0. The van der Waals surface area contributed by atoms with Crippen LogP contribution in [0.4, 0.5) is 0 Å². The van der Waals surface area contributed by atoms with Crippen molar-refractivity contribution in [2.45, 2.75) is 76.0 Å². The molecule has 2 aliphatic carbocycles. The zero-order valence-electron chi connectivity index (χ0n) is 20.3. The van der Waals surface area contributed by atoms with Crippen molar-refractivity contribution < 1.29 is 4.79 Å².